The summed E-state index contributed by atoms with van der Waals surface area (Å²) in [4.78, 5) is 36.6. The first-order valence-corrected chi connectivity index (χ1v) is 6.59. The average molecular weight is 283 g/mol. The van der Waals surface area contributed by atoms with Crippen molar-refractivity contribution in [3.8, 4) is 11.8 Å². The Morgan fingerprint density at radius 3 is 2.67 bits per heavy atom. The highest BCUT2D eigenvalue weighted by Gasteiger charge is 2.51. The van der Waals surface area contributed by atoms with Crippen molar-refractivity contribution in [3.05, 3.63) is 35.9 Å². The second-order valence-electron chi connectivity index (χ2n) is 5.08. The molecular weight excluding hydrogens is 270 g/mol. The summed E-state index contributed by atoms with van der Waals surface area (Å²) in [5.41, 5.74) is -0.229. The topological polar surface area (TPSA) is 78.5 Å². The van der Waals surface area contributed by atoms with Gasteiger partial charge in [0.15, 0.2) is 0 Å². The van der Waals surface area contributed by atoms with Gasteiger partial charge in [0.1, 0.15) is 5.54 Å². The molecule has 1 aromatic rings. The minimum absolute atomic E-state index is 0.160. The van der Waals surface area contributed by atoms with Crippen molar-refractivity contribution >= 4 is 17.8 Å². The predicted octanol–water partition coefficient (Wildman–Crippen LogP) is -0.151. The molecule has 21 heavy (non-hydrogen) atoms. The van der Waals surface area contributed by atoms with E-state index in [1.54, 1.807) is 0 Å². The highest BCUT2D eigenvalue weighted by atomic mass is 16.2. The van der Waals surface area contributed by atoms with Crippen LogP contribution in [0.4, 0.5) is 4.79 Å². The lowest BCUT2D eigenvalue weighted by Crippen LogP contribution is -2.49. The molecule has 2 saturated heterocycles. The van der Waals surface area contributed by atoms with Crippen LogP contribution in [-0.4, -0.2) is 41.4 Å². The molecule has 2 fully saturated rings. The number of rotatable bonds is 0. The molecule has 1 spiro atoms. The lowest BCUT2D eigenvalue weighted by molar-refractivity contribution is -0.125. The number of benzene rings is 1. The van der Waals surface area contributed by atoms with Gasteiger partial charge in [0.2, 0.25) is 0 Å². The van der Waals surface area contributed by atoms with Gasteiger partial charge in [-0.2, -0.15) is 0 Å². The van der Waals surface area contributed by atoms with E-state index < -0.39 is 11.6 Å². The Labute approximate surface area is 121 Å². The Morgan fingerprint density at radius 2 is 2.00 bits per heavy atom. The van der Waals surface area contributed by atoms with Gasteiger partial charge in [-0.05, 0) is 18.6 Å². The molecule has 0 saturated carbocycles. The average Bonchev–Trinajstić information content (AvgIpc) is 3.02. The zero-order chi connectivity index (χ0) is 14.9. The summed E-state index contributed by atoms with van der Waals surface area (Å²) >= 11 is 0. The fourth-order valence-corrected chi connectivity index (χ4v) is 2.52. The van der Waals surface area contributed by atoms with Crippen molar-refractivity contribution in [2.75, 3.05) is 13.1 Å². The summed E-state index contributed by atoms with van der Waals surface area (Å²) < 4.78 is 0. The number of amides is 4. The minimum atomic E-state index is -0.985. The molecule has 1 atom stereocenters. The summed E-state index contributed by atoms with van der Waals surface area (Å²) in [7, 11) is 0. The number of carbonyl (C=O) groups is 3. The molecule has 2 N–H and O–H groups in total. The fraction of sp³-hybridized carbons (Fsp3) is 0.267. The zero-order valence-electron chi connectivity index (χ0n) is 11.2. The van der Waals surface area contributed by atoms with Crippen molar-refractivity contribution in [1.82, 2.24) is 15.5 Å². The summed E-state index contributed by atoms with van der Waals surface area (Å²) in [5.74, 6) is 4.64. The van der Waals surface area contributed by atoms with E-state index in [0.29, 0.717) is 13.0 Å². The summed E-state index contributed by atoms with van der Waals surface area (Å²) in [5, 5.41) is 4.80. The second kappa shape index (κ2) is 4.94. The van der Waals surface area contributed by atoms with Gasteiger partial charge >= 0.3 is 6.03 Å². The van der Waals surface area contributed by atoms with Crippen LogP contribution in [0, 0.1) is 11.8 Å². The molecule has 6 heteroatoms. The highest BCUT2D eigenvalue weighted by molar-refractivity contribution is 6.08. The zero-order valence-corrected chi connectivity index (χ0v) is 11.2. The second-order valence-corrected chi connectivity index (χ2v) is 5.08. The van der Waals surface area contributed by atoms with Crippen molar-refractivity contribution in [2.24, 2.45) is 0 Å². The van der Waals surface area contributed by atoms with Crippen LogP contribution in [0.25, 0.3) is 0 Å². The third kappa shape index (κ3) is 2.46. The molecule has 106 valence electrons. The highest BCUT2D eigenvalue weighted by Crippen LogP contribution is 2.24. The van der Waals surface area contributed by atoms with Crippen LogP contribution in [0.2, 0.25) is 0 Å². The number of imide groups is 1. The first-order valence-electron chi connectivity index (χ1n) is 6.59. The van der Waals surface area contributed by atoms with E-state index in [0.717, 1.165) is 5.56 Å². The van der Waals surface area contributed by atoms with Crippen LogP contribution in [0.15, 0.2) is 30.3 Å². The third-order valence-corrected chi connectivity index (χ3v) is 3.66. The molecule has 0 radical (unpaired) electrons. The molecular formula is C15H13N3O3. The smallest absolute Gasteiger partial charge is 0.322 e. The molecule has 6 nitrogen and oxygen atoms in total. The van der Waals surface area contributed by atoms with Gasteiger partial charge in [0, 0.05) is 18.0 Å². The Morgan fingerprint density at radius 1 is 1.24 bits per heavy atom. The van der Waals surface area contributed by atoms with Crippen molar-refractivity contribution < 1.29 is 14.4 Å². The number of nitrogens with zero attached hydrogens (tertiary/aromatic N) is 1. The van der Waals surface area contributed by atoms with Gasteiger partial charge in [-0.3, -0.25) is 14.9 Å². The molecule has 1 unspecified atom stereocenters. The van der Waals surface area contributed by atoms with Gasteiger partial charge in [0.05, 0.1) is 6.54 Å². The van der Waals surface area contributed by atoms with E-state index >= 15 is 0 Å². The molecule has 3 rings (SSSR count). The number of hydrogen-bond donors (Lipinski definition) is 2. The monoisotopic (exact) mass is 283 g/mol. The Balaban J connectivity index is 1.70. The van der Waals surface area contributed by atoms with Gasteiger partial charge in [-0.15, -0.1) is 0 Å². The van der Waals surface area contributed by atoms with Crippen molar-refractivity contribution in [1.29, 1.82) is 0 Å². The maximum Gasteiger partial charge on any atom is 0.322 e. The summed E-state index contributed by atoms with van der Waals surface area (Å²) in [6, 6.07) is 8.69. The van der Waals surface area contributed by atoms with Crippen molar-refractivity contribution in [3.63, 3.8) is 0 Å². The fourth-order valence-electron chi connectivity index (χ4n) is 2.52. The van der Waals surface area contributed by atoms with E-state index in [2.05, 4.69) is 22.5 Å². The van der Waals surface area contributed by atoms with Crippen LogP contribution < -0.4 is 10.6 Å². The van der Waals surface area contributed by atoms with Gasteiger partial charge < -0.3 is 10.2 Å². The van der Waals surface area contributed by atoms with E-state index in [9.17, 15) is 14.4 Å². The molecule has 2 aliphatic heterocycles. The number of hydrogen-bond acceptors (Lipinski definition) is 3. The molecule has 0 aromatic heterocycles. The standard InChI is InChI=1S/C15H13N3O3/c19-12(7-6-11-4-2-1-3-5-11)18-9-8-15(10-18)13(20)16-14(21)17-15/h1-5H,8-10H2,(H2,16,17,20,21). The van der Waals surface area contributed by atoms with Gasteiger partial charge in [-0.1, -0.05) is 24.1 Å². The van der Waals surface area contributed by atoms with Crippen molar-refractivity contribution in [2.45, 2.75) is 12.0 Å². The Kier molecular flexibility index (Phi) is 3.10. The van der Waals surface area contributed by atoms with E-state index in [1.807, 2.05) is 30.3 Å². The SMILES string of the molecule is O=C1NC(=O)C2(CCN(C(=O)C#Cc3ccccc3)C2)N1. The Hall–Kier alpha value is -2.81. The van der Waals surface area contributed by atoms with Gasteiger partial charge in [0.25, 0.3) is 11.8 Å². The summed E-state index contributed by atoms with van der Waals surface area (Å²) in [6.45, 7) is 0.558. The van der Waals surface area contributed by atoms with Crippen LogP contribution in [0.5, 0.6) is 0 Å². The van der Waals surface area contributed by atoms with Crippen LogP contribution in [0.1, 0.15) is 12.0 Å². The first kappa shape index (κ1) is 13.2. The number of likely N-dealkylation sites (tertiary alicyclic amines) is 1. The largest absolute Gasteiger partial charge is 0.329 e. The number of nitrogens with one attached hydrogen (secondary N) is 2. The first-order chi connectivity index (χ1) is 10.1. The maximum absolute atomic E-state index is 12.1. The molecule has 4 amide bonds. The van der Waals surface area contributed by atoms with Crippen LogP contribution >= 0.6 is 0 Å². The lowest BCUT2D eigenvalue weighted by atomic mass is 10.00. The molecule has 0 aliphatic carbocycles. The lowest BCUT2D eigenvalue weighted by Gasteiger charge is -2.19. The normalized spacial score (nSPS) is 23.5. The maximum atomic E-state index is 12.1. The van der Waals surface area contributed by atoms with E-state index in [-0.39, 0.29) is 18.4 Å². The quantitative estimate of drug-likeness (QED) is 0.513. The van der Waals surface area contributed by atoms with Gasteiger partial charge in [-0.25, -0.2) is 4.79 Å². The Bertz CT molecular complexity index is 674. The molecule has 1 aromatic carbocycles. The van der Waals surface area contributed by atoms with E-state index in [4.69, 9.17) is 0 Å². The van der Waals surface area contributed by atoms with Crippen LogP contribution in [0.3, 0.4) is 0 Å². The molecule has 2 heterocycles. The summed E-state index contributed by atoms with van der Waals surface area (Å²) in [6.07, 6.45) is 0.406. The minimum Gasteiger partial charge on any atom is -0.329 e. The number of carbonyl (C=O) groups excluding carboxylic acids is 3. The third-order valence-electron chi connectivity index (χ3n) is 3.66. The number of urea groups is 1. The van der Waals surface area contributed by atoms with E-state index in [1.165, 1.54) is 4.90 Å². The predicted molar refractivity (Wildman–Crippen MR) is 73.9 cm³/mol. The molecule has 0 bridgehead atoms. The molecule has 2 aliphatic rings. The van der Waals surface area contributed by atoms with Crippen LogP contribution in [-0.2, 0) is 9.59 Å².